The van der Waals surface area contributed by atoms with Crippen LogP contribution in [-0.4, -0.2) is 21.9 Å². The highest BCUT2D eigenvalue weighted by atomic mass is 35.5. The maximum absolute atomic E-state index is 13.7. The monoisotopic (exact) mass is 437 g/mol. The Morgan fingerprint density at radius 3 is 2.52 bits per heavy atom. The molecule has 1 aromatic carbocycles. The van der Waals surface area contributed by atoms with Crippen molar-refractivity contribution < 1.29 is 18.4 Å². The summed E-state index contributed by atoms with van der Waals surface area (Å²) in [5, 5.41) is 7.81. The molecule has 7 nitrogen and oxygen atoms in total. The Morgan fingerprint density at radius 1 is 1.10 bits per heavy atom. The Morgan fingerprint density at radius 2 is 1.83 bits per heavy atom. The lowest BCUT2D eigenvalue weighted by Crippen LogP contribution is -2.20. The number of halogens is 3. The van der Waals surface area contributed by atoms with Crippen molar-refractivity contribution in [2.75, 3.05) is 16.0 Å². The fourth-order valence-electron chi connectivity index (χ4n) is 2.39. The first-order chi connectivity index (χ1) is 13.7. The average Bonchev–Trinajstić information content (AvgIpc) is 2.99. The van der Waals surface area contributed by atoms with Crippen LogP contribution < -0.4 is 16.0 Å². The van der Waals surface area contributed by atoms with Gasteiger partial charge in [-0.25, -0.2) is 23.5 Å². The van der Waals surface area contributed by atoms with Crippen molar-refractivity contribution in [3.63, 3.8) is 0 Å². The number of pyridine rings is 1. The molecule has 150 valence electrons. The number of benzene rings is 1. The Hall–Kier alpha value is -3.11. The predicted molar refractivity (Wildman–Crippen MR) is 108 cm³/mol. The molecule has 29 heavy (non-hydrogen) atoms. The van der Waals surface area contributed by atoms with Crippen LogP contribution in [0.5, 0.6) is 0 Å². The van der Waals surface area contributed by atoms with Crippen molar-refractivity contribution in [3.8, 4) is 10.4 Å². The van der Waals surface area contributed by atoms with E-state index in [1.807, 2.05) is 0 Å². The number of aryl methyl sites for hydroxylation is 1. The molecule has 0 aliphatic rings. The van der Waals surface area contributed by atoms with Crippen LogP contribution in [0, 0.1) is 18.6 Å². The van der Waals surface area contributed by atoms with Crippen LogP contribution >= 0.6 is 22.9 Å². The number of nitrogens with zero attached hydrogens (tertiary/aromatic N) is 2. The summed E-state index contributed by atoms with van der Waals surface area (Å²) in [7, 11) is 0. The van der Waals surface area contributed by atoms with Crippen LogP contribution in [0.15, 0.2) is 30.5 Å². The van der Waals surface area contributed by atoms with E-state index in [4.69, 9.17) is 11.6 Å². The van der Waals surface area contributed by atoms with Gasteiger partial charge in [0.15, 0.2) is 10.3 Å². The molecule has 0 unspecified atom stereocenters. The van der Waals surface area contributed by atoms with E-state index in [2.05, 4.69) is 25.9 Å². The number of thiazole rings is 1. The molecule has 11 heteroatoms. The number of carbonyl (C=O) groups excluding carboxylic acids is 2. The molecule has 0 fully saturated rings. The highest BCUT2D eigenvalue weighted by molar-refractivity contribution is 7.19. The van der Waals surface area contributed by atoms with E-state index in [1.54, 1.807) is 13.0 Å². The lowest BCUT2D eigenvalue weighted by atomic mass is 10.2. The van der Waals surface area contributed by atoms with Crippen LogP contribution in [0.25, 0.3) is 10.4 Å². The second-order valence-electron chi connectivity index (χ2n) is 5.88. The third kappa shape index (κ3) is 5.04. The van der Waals surface area contributed by atoms with Gasteiger partial charge in [-0.2, -0.15) is 0 Å². The fourth-order valence-corrected chi connectivity index (χ4v) is 3.54. The molecule has 0 aliphatic heterocycles. The van der Waals surface area contributed by atoms with Crippen molar-refractivity contribution in [1.29, 1.82) is 0 Å². The van der Waals surface area contributed by atoms with E-state index in [0.717, 1.165) is 17.0 Å². The molecule has 3 N–H and O–H groups in total. The fraction of sp³-hybridized carbons (Fsp3) is 0.111. The summed E-state index contributed by atoms with van der Waals surface area (Å²) in [6.07, 6.45) is 1.50. The topological polar surface area (TPSA) is 96.0 Å². The molecule has 0 radical (unpaired) electrons. The Bertz CT molecular complexity index is 1110. The summed E-state index contributed by atoms with van der Waals surface area (Å²) in [6.45, 7) is 3.15. The van der Waals surface area contributed by atoms with Crippen LogP contribution in [0.3, 0.4) is 0 Å². The van der Waals surface area contributed by atoms with Crippen LogP contribution in [0.1, 0.15) is 12.6 Å². The Balaban J connectivity index is 1.81. The molecule has 3 amide bonds. The van der Waals surface area contributed by atoms with Crippen molar-refractivity contribution >= 4 is 51.4 Å². The second-order valence-corrected chi connectivity index (χ2v) is 7.24. The first-order valence-corrected chi connectivity index (χ1v) is 9.36. The molecule has 0 saturated carbocycles. The van der Waals surface area contributed by atoms with Crippen molar-refractivity contribution in [2.24, 2.45) is 0 Å². The predicted octanol–water partition coefficient (Wildman–Crippen LogP) is 5.05. The van der Waals surface area contributed by atoms with E-state index in [9.17, 15) is 18.4 Å². The first kappa shape index (κ1) is 20.6. The highest BCUT2D eigenvalue weighted by Crippen LogP contribution is 2.35. The minimum Gasteiger partial charge on any atom is -0.305 e. The van der Waals surface area contributed by atoms with Crippen LogP contribution in [0.2, 0.25) is 5.15 Å². The van der Waals surface area contributed by atoms with Gasteiger partial charge in [0, 0.05) is 24.8 Å². The summed E-state index contributed by atoms with van der Waals surface area (Å²) in [5.41, 5.74) is 1.26. The standard InChI is InChI=1S/C18H14ClF2N5O2S/c1-8-15(29-18(23-8)24-9(2)27)10-5-14(16(19)22-7-10)26-17(28)25-13-4-3-11(20)6-12(13)21/h3-7H,1-2H3,(H,23,24,27)(H2,25,26,28). The summed E-state index contributed by atoms with van der Waals surface area (Å²) in [5.74, 6) is -1.91. The molecule has 3 rings (SSSR count). The number of carbonyl (C=O) groups is 2. The maximum atomic E-state index is 13.7. The molecule has 0 spiro atoms. The van der Waals surface area contributed by atoms with Gasteiger partial charge in [-0.3, -0.25) is 4.79 Å². The smallest absolute Gasteiger partial charge is 0.305 e. The van der Waals surface area contributed by atoms with Crippen molar-refractivity contribution in [2.45, 2.75) is 13.8 Å². The lowest BCUT2D eigenvalue weighted by Gasteiger charge is -2.10. The molecule has 0 saturated heterocycles. The van der Waals surface area contributed by atoms with Crippen molar-refractivity contribution in [1.82, 2.24) is 9.97 Å². The third-order valence-electron chi connectivity index (χ3n) is 3.61. The van der Waals surface area contributed by atoms with Gasteiger partial charge in [0.1, 0.15) is 11.6 Å². The number of hydrogen-bond donors (Lipinski definition) is 3. The summed E-state index contributed by atoms with van der Waals surface area (Å²) in [4.78, 5) is 32.4. The number of anilines is 3. The Labute approximate surface area is 173 Å². The lowest BCUT2D eigenvalue weighted by molar-refractivity contribution is -0.114. The minimum absolute atomic E-state index is 0.0210. The van der Waals surface area contributed by atoms with E-state index in [0.29, 0.717) is 22.5 Å². The van der Waals surface area contributed by atoms with Gasteiger partial charge in [0.25, 0.3) is 0 Å². The van der Waals surface area contributed by atoms with Gasteiger partial charge in [-0.1, -0.05) is 22.9 Å². The first-order valence-electron chi connectivity index (χ1n) is 8.17. The third-order valence-corrected chi connectivity index (χ3v) is 5.03. The molecular formula is C18H14ClF2N5O2S. The van der Waals surface area contributed by atoms with E-state index < -0.39 is 17.7 Å². The normalized spacial score (nSPS) is 10.5. The Kier molecular flexibility index (Phi) is 6.04. The SMILES string of the molecule is CC(=O)Nc1nc(C)c(-c2cnc(Cl)c(NC(=O)Nc3ccc(F)cc3F)c2)s1. The molecule has 2 aromatic heterocycles. The van der Waals surface area contributed by atoms with E-state index in [1.165, 1.54) is 24.5 Å². The molecule has 0 bridgehead atoms. The second kappa shape index (κ2) is 8.50. The molecule has 3 aromatic rings. The highest BCUT2D eigenvalue weighted by Gasteiger charge is 2.15. The van der Waals surface area contributed by atoms with Gasteiger partial charge < -0.3 is 16.0 Å². The largest absolute Gasteiger partial charge is 0.323 e. The van der Waals surface area contributed by atoms with Crippen LogP contribution in [0.4, 0.5) is 30.1 Å². The summed E-state index contributed by atoms with van der Waals surface area (Å²) < 4.78 is 26.7. The number of aromatic nitrogens is 2. The van der Waals surface area contributed by atoms with Gasteiger partial charge in [-0.05, 0) is 25.1 Å². The zero-order valence-corrected chi connectivity index (χ0v) is 16.7. The molecule has 2 heterocycles. The minimum atomic E-state index is -0.913. The number of hydrogen-bond acceptors (Lipinski definition) is 5. The summed E-state index contributed by atoms with van der Waals surface area (Å²) >= 11 is 7.29. The number of urea groups is 1. The zero-order valence-electron chi connectivity index (χ0n) is 15.1. The van der Waals surface area contributed by atoms with Gasteiger partial charge >= 0.3 is 6.03 Å². The van der Waals surface area contributed by atoms with E-state index in [-0.39, 0.29) is 22.4 Å². The number of rotatable bonds is 4. The van der Waals surface area contributed by atoms with Crippen molar-refractivity contribution in [3.05, 3.63) is 52.9 Å². The van der Waals surface area contributed by atoms with E-state index >= 15 is 0 Å². The quantitative estimate of drug-likeness (QED) is 0.498. The van der Waals surface area contributed by atoms with Gasteiger partial charge in [0.05, 0.1) is 21.9 Å². The maximum Gasteiger partial charge on any atom is 0.323 e. The van der Waals surface area contributed by atoms with Crippen LogP contribution in [-0.2, 0) is 4.79 Å². The number of nitrogens with one attached hydrogen (secondary N) is 3. The molecular weight excluding hydrogens is 424 g/mol. The van der Waals surface area contributed by atoms with Gasteiger partial charge in [0.2, 0.25) is 5.91 Å². The molecule has 0 atom stereocenters. The van der Waals surface area contributed by atoms with Gasteiger partial charge in [-0.15, -0.1) is 0 Å². The average molecular weight is 438 g/mol. The molecule has 0 aliphatic carbocycles. The summed E-state index contributed by atoms with van der Waals surface area (Å²) in [6, 6.07) is 3.58. The number of amides is 3. The zero-order chi connectivity index (χ0) is 21.1.